The number of furan rings is 2. The lowest BCUT2D eigenvalue weighted by Gasteiger charge is -2.17. The van der Waals surface area contributed by atoms with Crippen LogP contribution in [0.4, 0.5) is 0 Å². The highest BCUT2D eigenvalue weighted by molar-refractivity contribution is 5.97. The van der Waals surface area contributed by atoms with Gasteiger partial charge < -0.3 is 18.3 Å². The minimum Gasteiger partial charge on any atom is -0.467 e. The molecule has 0 aliphatic heterocycles. The van der Waals surface area contributed by atoms with E-state index < -0.39 is 0 Å². The second-order valence-electron chi connectivity index (χ2n) is 6.51. The van der Waals surface area contributed by atoms with Gasteiger partial charge in [0, 0.05) is 25.7 Å². The molecule has 1 amide bonds. The van der Waals surface area contributed by atoms with E-state index in [1.807, 2.05) is 28.8 Å². The van der Waals surface area contributed by atoms with Gasteiger partial charge in [-0.2, -0.15) is 0 Å². The molecule has 5 nitrogen and oxygen atoms in total. The van der Waals surface area contributed by atoms with Gasteiger partial charge in [-0.05, 0) is 24.6 Å². The van der Waals surface area contributed by atoms with Gasteiger partial charge in [0.25, 0.3) is 5.91 Å². The van der Waals surface area contributed by atoms with Crippen LogP contribution >= 0.6 is 0 Å². The van der Waals surface area contributed by atoms with Gasteiger partial charge in [-0.3, -0.25) is 4.79 Å². The molecule has 26 heavy (non-hydrogen) atoms. The molecule has 4 rings (SSSR count). The van der Waals surface area contributed by atoms with Crippen molar-refractivity contribution in [1.82, 2.24) is 9.47 Å². The molecule has 0 aliphatic carbocycles. The van der Waals surface area contributed by atoms with Crippen molar-refractivity contribution in [1.29, 1.82) is 0 Å². The third-order valence-corrected chi connectivity index (χ3v) is 4.52. The van der Waals surface area contributed by atoms with Crippen LogP contribution in [-0.4, -0.2) is 22.4 Å². The van der Waals surface area contributed by atoms with Crippen LogP contribution in [0.2, 0.25) is 0 Å². The molecular formula is C21H20N2O3. The number of carbonyl (C=O) groups excluding carboxylic acids is 1. The molecule has 0 unspecified atom stereocenters. The van der Waals surface area contributed by atoms with Crippen molar-refractivity contribution in [2.24, 2.45) is 0 Å². The summed E-state index contributed by atoms with van der Waals surface area (Å²) in [7, 11) is 1.77. The lowest BCUT2D eigenvalue weighted by Crippen LogP contribution is -2.28. The van der Waals surface area contributed by atoms with E-state index in [1.54, 1.807) is 24.5 Å². The number of aromatic nitrogens is 1. The van der Waals surface area contributed by atoms with Gasteiger partial charge in [0.1, 0.15) is 11.5 Å². The first-order valence-corrected chi connectivity index (χ1v) is 8.52. The van der Waals surface area contributed by atoms with Gasteiger partial charge in [-0.15, -0.1) is 0 Å². The van der Waals surface area contributed by atoms with E-state index in [9.17, 15) is 4.79 Å². The molecule has 3 heterocycles. The van der Waals surface area contributed by atoms with Crippen molar-refractivity contribution < 1.29 is 13.6 Å². The molecule has 0 atom stereocenters. The zero-order chi connectivity index (χ0) is 18.1. The number of fused-ring (bicyclic) bond motifs is 1. The van der Waals surface area contributed by atoms with Gasteiger partial charge in [-0.25, -0.2) is 0 Å². The first-order chi connectivity index (χ1) is 12.6. The molecule has 0 radical (unpaired) electrons. The van der Waals surface area contributed by atoms with Crippen LogP contribution in [0.3, 0.4) is 0 Å². The molecule has 0 bridgehead atoms. The van der Waals surface area contributed by atoms with E-state index in [0.717, 1.165) is 16.8 Å². The summed E-state index contributed by atoms with van der Waals surface area (Å²) in [6.07, 6.45) is 3.26. The highest BCUT2D eigenvalue weighted by Crippen LogP contribution is 2.24. The Morgan fingerprint density at radius 1 is 1.08 bits per heavy atom. The van der Waals surface area contributed by atoms with Crippen molar-refractivity contribution in [2.45, 2.75) is 20.0 Å². The summed E-state index contributed by atoms with van der Waals surface area (Å²) in [5, 5.41) is 0. The van der Waals surface area contributed by atoms with E-state index in [1.165, 1.54) is 5.56 Å². The lowest BCUT2D eigenvalue weighted by atomic mass is 10.1. The van der Waals surface area contributed by atoms with Crippen molar-refractivity contribution in [3.63, 3.8) is 0 Å². The van der Waals surface area contributed by atoms with Crippen molar-refractivity contribution in [3.8, 4) is 0 Å². The van der Waals surface area contributed by atoms with Crippen LogP contribution in [0.25, 0.3) is 11.1 Å². The minimum absolute atomic E-state index is 0.0695. The summed E-state index contributed by atoms with van der Waals surface area (Å²) in [6.45, 7) is 3.09. The number of amides is 1. The van der Waals surface area contributed by atoms with Crippen molar-refractivity contribution in [2.75, 3.05) is 7.05 Å². The fraction of sp³-hybridized carbons (Fsp3) is 0.190. The average molecular weight is 348 g/mol. The molecule has 0 saturated heterocycles. The number of hydrogen-bond donors (Lipinski definition) is 0. The normalized spacial score (nSPS) is 11.2. The fourth-order valence-corrected chi connectivity index (χ4v) is 3.10. The maximum Gasteiger partial charge on any atom is 0.270 e. The highest BCUT2D eigenvalue weighted by atomic mass is 16.3. The summed E-state index contributed by atoms with van der Waals surface area (Å²) >= 11 is 0. The van der Waals surface area contributed by atoms with Gasteiger partial charge in [0.05, 0.1) is 24.6 Å². The molecular weight excluding hydrogens is 328 g/mol. The smallest absolute Gasteiger partial charge is 0.270 e. The van der Waals surface area contributed by atoms with Crippen molar-refractivity contribution in [3.05, 3.63) is 83.6 Å². The molecule has 0 N–H and O–H groups in total. The zero-order valence-electron chi connectivity index (χ0n) is 14.8. The standard InChI is InChI=1S/C21H20N2O3/c1-15-5-7-16(8-6-15)13-23-18-9-11-26-20(18)12-19(23)21(24)22(2)14-17-4-3-10-25-17/h3-12H,13-14H2,1-2H3. The summed E-state index contributed by atoms with van der Waals surface area (Å²) < 4.78 is 12.9. The number of rotatable bonds is 5. The van der Waals surface area contributed by atoms with Gasteiger partial charge in [0.15, 0.2) is 5.58 Å². The van der Waals surface area contributed by atoms with Gasteiger partial charge in [-0.1, -0.05) is 29.8 Å². The molecule has 4 aromatic rings. The third-order valence-electron chi connectivity index (χ3n) is 4.52. The molecule has 1 aromatic carbocycles. The topological polar surface area (TPSA) is 51.5 Å². The highest BCUT2D eigenvalue weighted by Gasteiger charge is 2.21. The van der Waals surface area contributed by atoms with E-state index in [0.29, 0.717) is 24.4 Å². The molecule has 132 valence electrons. The summed E-state index contributed by atoms with van der Waals surface area (Å²) in [4.78, 5) is 14.7. The predicted octanol–water partition coefficient (Wildman–Crippen LogP) is 4.46. The number of benzene rings is 1. The summed E-state index contributed by atoms with van der Waals surface area (Å²) in [5.41, 5.74) is 4.59. The van der Waals surface area contributed by atoms with Crippen LogP contribution in [0.5, 0.6) is 0 Å². The average Bonchev–Trinajstić information content (AvgIpc) is 3.35. The van der Waals surface area contributed by atoms with E-state index in [2.05, 4.69) is 31.2 Å². The molecule has 0 aliphatic rings. The van der Waals surface area contributed by atoms with Crippen LogP contribution in [-0.2, 0) is 13.1 Å². The van der Waals surface area contributed by atoms with Crippen LogP contribution in [0, 0.1) is 6.92 Å². The number of carbonyl (C=O) groups is 1. The SMILES string of the molecule is Cc1ccc(Cn2c(C(=O)N(C)Cc3ccco3)cc3occc32)cc1. The fourth-order valence-electron chi connectivity index (χ4n) is 3.10. The minimum atomic E-state index is -0.0695. The van der Waals surface area contributed by atoms with Gasteiger partial charge in [0.2, 0.25) is 0 Å². The van der Waals surface area contributed by atoms with Gasteiger partial charge >= 0.3 is 0 Å². The van der Waals surface area contributed by atoms with Crippen LogP contribution in [0.1, 0.15) is 27.4 Å². The second kappa shape index (κ2) is 6.59. The lowest BCUT2D eigenvalue weighted by molar-refractivity contribution is 0.0765. The Hall–Kier alpha value is -3.21. The Bertz CT molecular complexity index is 1020. The second-order valence-corrected chi connectivity index (χ2v) is 6.51. The Morgan fingerprint density at radius 2 is 1.88 bits per heavy atom. The molecule has 0 saturated carbocycles. The van der Waals surface area contributed by atoms with E-state index in [4.69, 9.17) is 8.83 Å². The zero-order valence-corrected chi connectivity index (χ0v) is 14.8. The Balaban J connectivity index is 1.66. The Morgan fingerprint density at radius 3 is 2.62 bits per heavy atom. The molecule has 0 spiro atoms. The Kier molecular flexibility index (Phi) is 4.13. The maximum atomic E-state index is 13.0. The monoisotopic (exact) mass is 348 g/mol. The first-order valence-electron chi connectivity index (χ1n) is 8.52. The Labute approximate surface area is 151 Å². The first kappa shape index (κ1) is 16.3. The number of hydrogen-bond acceptors (Lipinski definition) is 3. The summed E-state index contributed by atoms with van der Waals surface area (Å²) in [6, 6.07) is 15.7. The maximum absolute atomic E-state index is 13.0. The molecule has 5 heteroatoms. The molecule has 0 fully saturated rings. The van der Waals surface area contributed by atoms with E-state index >= 15 is 0 Å². The molecule has 3 aromatic heterocycles. The summed E-state index contributed by atoms with van der Waals surface area (Å²) in [5.74, 6) is 0.682. The van der Waals surface area contributed by atoms with E-state index in [-0.39, 0.29) is 5.91 Å². The third kappa shape index (κ3) is 3.04. The number of aryl methyl sites for hydroxylation is 1. The predicted molar refractivity (Wildman–Crippen MR) is 99.0 cm³/mol. The van der Waals surface area contributed by atoms with Crippen molar-refractivity contribution >= 4 is 17.0 Å². The van der Waals surface area contributed by atoms with Crippen LogP contribution in [0.15, 0.2) is 69.9 Å². The van der Waals surface area contributed by atoms with Crippen LogP contribution < -0.4 is 0 Å². The quantitative estimate of drug-likeness (QED) is 0.535. The largest absolute Gasteiger partial charge is 0.467 e. The number of nitrogens with zero attached hydrogens (tertiary/aromatic N) is 2.